The van der Waals surface area contributed by atoms with E-state index in [0.717, 1.165) is 5.56 Å². The number of urea groups is 1. The minimum Gasteiger partial charge on any atom is -0.444 e. The van der Waals surface area contributed by atoms with Crippen LogP contribution in [0.15, 0.2) is 70.0 Å². The van der Waals surface area contributed by atoms with E-state index in [9.17, 15) is 27.9 Å². The molecule has 0 bridgehead atoms. The number of rotatable bonds is 19. The van der Waals surface area contributed by atoms with Gasteiger partial charge in [-0.1, -0.05) is 81.7 Å². The largest absolute Gasteiger partial charge is 0.444 e. The van der Waals surface area contributed by atoms with Crippen LogP contribution in [0.1, 0.15) is 76.7 Å². The van der Waals surface area contributed by atoms with Gasteiger partial charge in [0, 0.05) is 25.5 Å². The predicted octanol–water partition coefficient (Wildman–Crippen LogP) is 4.97. The van der Waals surface area contributed by atoms with Crippen LogP contribution in [-0.2, 0) is 39.1 Å². The van der Waals surface area contributed by atoms with Crippen LogP contribution in [0.5, 0.6) is 0 Å². The molecular weight excluding hydrogens is 759 g/mol. The highest BCUT2D eigenvalue weighted by Crippen LogP contribution is 2.21. The molecule has 0 saturated heterocycles. The Balaban J connectivity index is 1.78. The van der Waals surface area contributed by atoms with Crippen LogP contribution in [0.25, 0.3) is 0 Å². The fourth-order valence-electron chi connectivity index (χ4n) is 5.60. The topological polar surface area (TPSA) is 203 Å². The number of nitrogens with one attached hydrogen (secondary N) is 3. The number of alkyl carbamates (subject to hydrolysis) is 1. The number of aliphatic hydroxyl groups is 1. The third-order valence-electron chi connectivity index (χ3n) is 8.68. The Bertz CT molecular complexity index is 1850. The minimum absolute atomic E-state index is 0.000839. The number of aromatic nitrogens is 1. The van der Waals surface area contributed by atoms with Crippen LogP contribution in [0, 0.1) is 11.8 Å². The second-order valence-corrected chi connectivity index (χ2v) is 18.0. The number of oxime groups is 1. The Morgan fingerprint density at radius 1 is 1.02 bits per heavy atom. The van der Waals surface area contributed by atoms with Gasteiger partial charge in [-0.05, 0) is 62.3 Å². The molecule has 0 aliphatic carbocycles. The van der Waals surface area contributed by atoms with Crippen LogP contribution >= 0.6 is 11.3 Å². The molecule has 0 radical (unpaired) electrons. The highest BCUT2D eigenvalue weighted by Gasteiger charge is 2.34. The lowest BCUT2D eigenvalue weighted by molar-refractivity contribution is -0.125. The first-order valence-corrected chi connectivity index (χ1v) is 20.9. The van der Waals surface area contributed by atoms with Gasteiger partial charge < -0.3 is 35.9 Å². The third kappa shape index (κ3) is 14.5. The van der Waals surface area contributed by atoms with Gasteiger partial charge in [0.25, 0.3) is 0 Å². The fraction of sp³-hybridized carbons (Fsp3) is 0.513. The Hall–Kier alpha value is -4.58. The SMILES string of the molecule is CC[C@H](C)[C@H](NC(=O)N(C)Cc1csc(CNC(=O)OC(C)(C)C)n1)C(=O)N[C@@H](Cc1ccccc1)[C@H](O)CN(CC(C)C)S(=O)(=O)c1ccc(/C=N/O)cc1. The summed E-state index contributed by atoms with van der Waals surface area (Å²) in [6, 6.07) is 12.6. The summed E-state index contributed by atoms with van der Waals surface area (Å²) in [5.74, 6) is -0.917. The summed E-state index contributed by atoms with van der Waals surface area (Å²) in [7, 11) is -2.51. The zero-order valence-electron chi connectivity index (χ0n) is 33.4. The predicted molar refractivity (Wildman–Crippen MR) is 216 cm³/mol. The Labute approximate surface area is 334 Å². The number of carbonyl (C=O) groups excluding carboxylic acids is 3. The number of hydrogen-bond donors (Lipinski definition) is 5. The quantitative estimate of drug-likeness (QED) is 0.0629. The molecule has 17 heteroatoms. The van der Waals surface area contributed by atoms with Gasteiger partial charge in [-0.3, -0.25) is 4.79 Å². The zero-order chi connectivity index (χ0) is 41.6. The van der Waals surface area contributed by atoms with E-state index >= 15 is 0 Å². The summed E-state index contributed by atoms with van der Waals surface area (Å²) in [5, 5.41) is 34.5. The number of benzene rings is 2. The molecule has 0 fully saturated rings. The molecule has 56 heavy (non-hydrogen) atoms. The molecule has 0 unspecified atom stereocenters. The molecule has 1 heterocycles. The lowest BCUT2D eigenvalue weighted by atomic mass is 9.96. The molecule has 3 aromatic rings. The number of hydrogen-bond acceptors (Lipinski definition) is 11. The zero-order valence-corrected chi connectivity index (χ0v) is 35.1. The van der Waals surface area contributed by atoms with E-state index in [-0.39, 0.29) is 49.3 Å². The average Bonchev–Trinajstić information content (AvgIpc) is 3.58. The summed E-state index contributed by atoms with van der Waals surface area (Å²) >= 11 is 1.33. The number of aliphatic hydroxyl groups excluding tert-OH is 1. The second kappa shape index (κ2) is 21.1. The first-order valence-electron chi connectivity index (χ1n) is 18.5. The molecule has 0 aliphatic rings. The number of thiazole rings is 1. The van der Waals surface area contributed by atoms with Crippen molar-refractivity contribution in [2.75, 3.05) is 20.1 Å². The summed E-state index contributed by atoms with van der Waals surface area (Å²) in [6.07, 6.45) is 0.0239. The highest BCUT2D eigenvalue weighted by atomic mass is 32.2. The normalized spacial score (nSPS) is 14.3. The molecule has 1 aromatic heterocycles. The van der Waals surface area contributed by atoms with Gasteiger partial charge in [-0.25, -0.2) is 23.0 Å². The van der Waals surface area contributed by atoms with E-state index in [2.05, 4.69) is 26.1 Å². The fourth-order valence-corrected chi connectivity index (χ4v) is 7.95. The van der Waals surface area contributed by atoms with Crippen molar-refractivity contribution in [2.45, 2.75) is 103 Å². The molecule has 15 nitrogen and oxygen atoms in total. The maximum absolute atomic E-state index is 14.1. The highest BCUT2D eigenvalue weighted by molar-refractivity contribution is 7.89. The average molecular weight is 816 g/mol. The van der Waals surface area contributed by atoms with E-state index in [1.165, 1.54) is 51.0 Å². The Morgan fingerprint density at radius 3 is 2.27 bits per heavy atom. The first-order chi connectivity index (χ1) is 26.3. The molecule has 0 saturated carbocycles. The maximum atomic E-state index is 14.1. The smallest absolute Gasteiger partial charge is 0.408 e. The van der Waals surface area contributed by atoms with Crippen molar-refractivity contribution in [1.29, 1.82) is 0 Å². The maximum Gasteiger partial charge on any atom is 0.408 e. The molecule has 4 atom stereocenters. The molecule has 5 N–H and O–H groups in total. The van der Waals surface area contributed by atoms with E-state index < -0.39 is 51.8 Å². The lowest BCUT2D eigenvalue weighted by Crippen LogP contribution is -2.58. The molecular formula is C39H57N7O8S2. The Kier molecular flexibility index (Phi) is 17.2. The number of amides is 4. The molecule has 0 spiro atoms. The molecule has 308 valence electrons. The van der Waals surface area contributed by atoms with E-state index in [1.54, 1.807) is 33.2 Å². The van der Waals surface area contributed by atoms with Gasteiger partial charge in [0.2, 0.25) is 15.9 Å². The van der Waals surface area contributed by atoms with Crippen molar-refractivity contribution in [1.82, 2.24) is 30.1 Å². The molecule has 3 rings (SSSR count). The Morgan fingerprint density at radius 2 is 1.68 bits per heavy atom. The van der Waals surface area contributed by atoms with Gasteiger partial charge in [0.05, 0.1) is 42.0 Å². The van der Waals surface area contributed by atoms with Gasteiger partial charge in [0.15, 0.2) is 0 Å². The van der Waals surface area contributed by atoms with Crippen molar-refractivity contribution >= 4 is 45.6 Å². The summed E-state index contributed by atoms with van der Waals surface area (Å²) in [5.41, 5.74) is 1.28. The number of sulfonamides is 1. The molecule has 0 aliphatic heterocycles. The van der Waals surface area contributed by atoms with Crippen molar-refractivity contribution in [3.05, 3.63) is 81.8 Å². The van der Waals surface area contributed by atoms with E-state index in [0.29, 0.717) is 22.7 Å². The van der Waals surface area contributed by atoms with Gasteiger partial charge >= 0.3 is 12.1 Å². The second-order valence-electron chi connectivity index (χ2n) is 15.2. The monoisotopic (exact) mass is 815 g/mol. The van der Waals surface area contributed by atoms with E-state index in [4.69, 9.17) is 9.94 Å². The third-order valence-corrected chi connectivity index (χ3v) is 11.4. The van der Waals surface area contributed by atoms with Gasteiger partial charge in [-0.15, -0.1) is 11.3 Å². The van der Waals surface area contributed by atoms with Crippen LogP contribution in [-0.4, -0.2) is 101 Å². The number of ether oxygens (including phenoxy) is 1. The lowest BCUT2D eigenvalue weighted by Gasteiger charge is -2.33. The molecule has 2 aromatic carbocycles. The number of nitrogens with zero attached hydrogens (tertiary/aromatic N) is 4. The van der Waals surface area contributed by atoms with Gasteiger partial charge in [0.1, 0.15) is 16.7 Å². The van der Waals surface area contributed by atoms with Crippen molar-refractivity contribution < 1.29 is 37.9 Å². The van der Waals surface area contributed by atoms with Crippen LogP contribution in [0.4, 0.5) is 9.59 Å². The number of carbonyl (C=O) groups is 3. The van der Waals surface area contributed by atoms with Crippen LogP contribution in [0.3, 0.4) is 0 Å². The standard InChI is InChI=1S/C39H57N7O8S2/c1-9-27(4)35(44-37(49)45(8)23-30-25-55-34(42-30)21-40-38(50)54-39(5,6)7)36(48)43-32(19-28-13-11-10-12-14-28)33(47)24-46(22-26(2)3)56(52,53)31-17-15-29(16-18-31)20-41-51/h10-18,20,25-27,32-33,35,47,51H,9,19,21-24H2,1-8H3,(H,40,50)(H,43,48)(H,44,49)/b41-20+/t27-,32-,33+,35-/m0/s1. The summed E-state index contributed by atoms with van der Waals surface area (Å²) in [6.45, 7) is 12.9. The summed E-state index contributed by atoms with van der Waals surface area (Å²) in [4.78, 5) is 45.5. The van der Waals surface area contributed by atoms with Crippen LogP contribution < -0.4 is 16.0 Å². The van der Waals surface area contributed by atoms with Crippen molar-refractivity contribution in [2.24, 2.45) is 17.0 Å². The van der Waals surface area contributed by atoms with Gasteiger partial charge in [-0.2, -0.15) is 4.31 Å². The first kappa shape index (κ1) is 45.8. The molecule has 4 amide bonds. The minimum atomic E-state index is -4.09. The van der Waals surface area contributed by atoms with E-state index in [1.807, 2.05) is 58.0 Å². The van der Waals surface area contributed by atoms with Crippen molar-refractivity contribution in [3.8, 4) is 0 Å². The summed E-state index contributed by atoms with van der Waals surface area (Å²) < 4.78 is 34.3. The van der Waals surface area contributed by atoms with Crippen LogP contribution in [0.2, 0.25) is 0 Å². The van der Waals surface area contributed by atoms with Crippen molar-refractivity contribution in [3.63, 3.8) is 0 Å².